The maximum Gasteiger partial charge on any atom is 0.229 e. The Bertz CT molecular complexity index is 863. The number of aliphatic hydroxyl groups is 1. The van der Waals surface area contributed by atoms with Crippen LogP contribution in [0, 0.1) is 11.8 Å². The highest BCUT2D eigenvalue weighted by atomic mass is 16.3. The number of hydrogen-bond donors (Lipinski definition) is 2. The standard InChI is InChI=1S/C18H25N7O/c1-13-2-4-14(5-3-13)11-25-17-15(9-21-25)8-19-18(23-17)22-16-10-20-24(12-16)6-7-26/h8-10,12-14,26H,2-7,11H2,1H3,(H,19,22,23). The Labute approximate surface area is 152 Å². The van der Waals surface area contributed by atoms with Crippen LogP contribution in [0.2, 0.25) is 0 Å². The van der Waals surface area contributed by atoms with Crippen molar-refractivity contribution in [3.05, 3.63) is 24.8 Å². The molecule has 0 saturated heterocycles. The second-order valence-electron chi connectivity index (χ2n) is 7.27. The number of fused-ring (bicyclic) bond motifs is 1. The number of aromatic nitrogens is 6. The lowest BCUT2D eigenvalue weighted by Crippen LogP contribution is -2.18. The molecule has 8 heteroatoms. The van der Waals surface area contributed by atoms with Crippen molar-refractivity contribution in [2.75, 3.05) is 11.9 Å². The first kappa shape index (κ1) is 17.0. The zero-order valence-corrected chi connectivity index (χ0v) is 15.0. The quantitative estimate of drug-likeness (QED) is 0.706. The molecule has 4 rings (SSSR count). The molecule has 0 unspecified atom stereocenters. The van der Waals surface area contributed by atoms with E-state index < -0.39 is 0 Å². The van der Waals surface area contributed by atoms with Gasteiger partial charge in [0.2, 0.25) is 5.95 Å². The smallest absolute Gasteiger partial charge is 0.229 e. The molecular weight excluding hydrogens is 330 g/mol. The van der Waals surface area contributed by atoms with Gasteiger partial charge < -0.3 is 10.4 Å². The summed E-state index contributed by atoms with van der Waals surface area (Å²) in [4.78, 5) is 9.02. The second kappa shape index (κ2) is 7.41. The fourth-order valence-corrected chi connectivity index (χ4v) is 3.60. The molecule has 0 aliphatic heterocycles. The molecule has 0 radical (unpaired) electrons. The normalized spacial score (nSPS) is 20.5. The van der Waals surface area contributed by atoms with Gasteiger partial charge in [0.25, 0.3) is 0 Å². The molecule has 3 aromatic rings. The molecule has 1 fully saturated rings. The topological polar surface area (TPSA) is 93.7 Å². The van der Waals surface area contributed by atoms with Crippen molar-refractivity contribution >= 4 is 22.7 Å². The van der Waals surface area contributed by atoms with Crippen molar-refractivity contribution in [3.63, 3.8) is 0 Å². The van der Waals surface area contributed by atoms with E-state index in [9.17, 15) is 0 Å². The van der Waals surface area contributed by atoms with Gasteiger partial charge in [-0.05, 0) is 24.7 Å². The molecule has 0 bridgehead atoms. The zero-order chi connectivity index (χ0) is 17.9. The van der Waals surface area contributed by atoms with Crippen LogP contribution in [0.25, 0.3) is 11.0 Å². The molecule has 0 aromatic carbocycles. The van der Waals surface area contributed by atoms with Gasteiger partial charge in [0.1, 0.15) is 0 Å². The minimum atomic E-state index is 0.0582. The number of anilines is 2. The van der Waals surface area contributed by atoms with Gasteiger partial charge in [0.05, 0.1) is 36.6 Å². The van der Waals surface area contributed by atoms with Gasteiger partial charge in [-0.25, -0.2) is 9.67 Å². The lowest BCUT2D eigenvalue weighted by Gasteiger charge is -2.26. The number of nitrogens with one attached hydrogen (secondary N) is 1. The van der Waals surface area contributed by atoms with Gasteiger partial charge in [-0.15, -0.1) is 0 Å². The van der Waals surface area contributed by atoms with Crippen molar-refractivity contribution in [1.82, 2.24) is 29.5 Å². The Balaban J connectivity index is 1.50. The van der Waals surface area contributed by atoms with Gasteiger partial charge in [-0.3, -0.25) is 4.68 Å². The molecule has 2 N–H and O–H groups in total. The molecule has 26 heavy (non-hydrogen) atoms. The molecular formula is C18H25N7O. The van der Waals surface area contributed by atoms with E-state index in [1.54, 1.807) is 17.1 Å². The molecule has 138 valence electrons. The summed E-state index contributed by atoms with van der Waals surface area (Å²) < 4.78 is 3.69. The summed E-state index contributed by atoms with van der Waals surface area (Å²) >= 11 is 0. The van der Waals surface area contributed by atoms with Gasteiger partial charge in [-0.1, -0.05) is 19.8 Å². The van der Waals surface area contributed by atoms with Crippen LogP contribution in [-0.2, 0) is 13.1 Å². The number of rotatable bonds is 6. The highest BCUT2D eigenvalue weighted by molar-refractivity contribution is 5.75. The van der Waals surface area contributed by atoms with Crippen LogP contribution in [0.1, 0.15) is 32.6 Å². The molecule has 1 aliphatic rings. The summed E-state index contributed by atoms with van der Waals surface area (Å²) in [6.07, 6.45) is 12.3. The van der Waals surface area contributed by atoms with Crippen molar-refractivity contribution < 1.29 is 5.11 Å². The average Bonchev–Trinajstić information content (AvgIpc) is 3.24. The van der Waals surface area contributed by atoms with Crippen LogP contribution in [0.15, 0.2) is 24.8 Å². The second-order valence-corrected chi connectivity index (χ2v) is 7.27. The fourth-order valence-electron chi connectivity index (χ4n) is 3.60. The van der Waals surface area contributed by atoms with Crippen LogP contribution < -0.4 is 5.32 Å². The summed E-state index contributed by atoms with van der Waals surface area (Å²) in [6, 6.07) is 0. The predicted octanol–water partition coefficient (Wildman–Crippen LogP) is 2.59. The van der Waals surface area contributed by atoms with E-state index in [-0.39, 0.29) is 6.61 Å². The van der Waals surface area contributed by atoms with Gasteiger partial charge in [0.15, 0.2) is 5.65 Å². The fraction of sp³-hybridized carbons (Fsp3) is 0.556. The predicted molar refractivity (Wildman–Crippen MR) is 99.0 cm³/mol. The summed E-state index contributed by atoms with van der Waals surface area (Å²) in [5.74, 6) is 2.06. The van der Waals surface area contributed by atoms with Crippen molar-refractivity contribution in [1.29, 1.82) is 0 Å². The maximum absolute atomic E-state index is 8.98. The Morgan fingerprint density at radius 1 is 1.15 bits per heavy atom. The highest BCUT2D eigenvalue weighted by Gasteiger charge is 2.20. The summed E-state index contributed by atoms with van der Waals surface area (Å²) in [5.41, 5.74) is 1.66. The van der Waals surface area contributed by atoms with Gasteiger partial charge >= 0.3 is 0 Å². The third-order valence-electron chi connectivity index (χ3n) is 5.16. The zero-order valence-electron chi connectivity index (χ0n) is 15.0. The highest BCUT2D eigenvalue weighted by Crippen LogP contribution is 2.29. The number of nitrogens with zero attached hydrogens (tertiary/aromatic N) is 6. The molecule has 1 aliphatic carbocycles. The van der Waals surface area contributed by atoms with E-state index in [1.165, 1.54) is 25.7 Å². The van der Waals surface area contributed by atoms with Gasteiger partial charge in [-0.2, -0.15) is 15.2 Å². The minimum absolute atomic E-state index is 0.0582. The number of aliphatic hydroxyl groups excluding tert-OH is 1. The van der Waals surface area contributed by atoms with Crippen LogP contribution in [0.3, 0.4) is 0 Å². The molecule has 0 atom stereocenters. The number of hydrogen-bond acceptors (Lipinski definition) is 6. The molecule has 3 heterocycles. The first-order valence-electron chi connectivity index (χ1n) is 9.30. The summed E-state index contributed by atoms with van der Waals surface area (Å²) in [6.45, 7) is 3.78. The Morgan fingerprint density at radius 2 is 2.00 bits per heavy atom. The van der Waals surface area contributed by atoms with E-state index in [1.807, 2.05) is 17.1 Å². The minimum Gasteiger partial charge on any atom is -0.394 e. The Hall–Kier alpha value is -2.48. The van der Waals surface area contributed by atoms with E-state index in [0.29, 0.717) is 18.4 Å². The molecule has 3 aromatic heterocycles. The third-order valence-corrected chi connectivity index (χ3v) is 5.16. The van der Waals surface area contributed by atoms with E-state index in [2.05, 4.69) is 32.4 Å². The molecule has 1 saturated carbocycles. The largest absolute Gasteiger partial charge is 0.394 e. The molecule has 0 amide bonds. The average molecular weight is 355 g/mol. The van der Waals surface area contributed by atoms with Crippen LogP contribution in [-0.4, -0.2) is 41.2 Å². The third kappa shape index (κ3) is 3.70. The Kier molecular flexibility index (Phi) is 4.83. The van der Waals surface area contributed by atoms with Crippen molar-refractivity contribution in [2.24, 2.45) is 11.8 Å². The lowest BCUT2D eigenvalue weighted by molar-refractivity contribution is 0.260. The molecule has 8 nitrogen and oxygen atoms in total. The Morgan fingerprint density at radius 3 is 2.81 bits per heavy atom. The van der Waals surface area contributed by atoms with Crippen molar-refractivity contribution in [3.8, 4) is 0 Å². The van der Waals surface area contributed by atoms with E-state index >= 15 is 0 Å². The maximum atomic E-state index is 8.98. The monoisotopic (exact) mass is 355 g/mol. The van der Waals surface area contributed by atoms with Crippen LogP contribution in [0.4, 0.5) is 11.6 Å². The SMILES string of the molecule is CC1CCC(Cn2ncc3cnc(Nc4cnn(CCO)c4)nc32)CC1. The van der Waals surface area contributed by atoms with Crippen LogP contribution in [0.5, 0.6) is 0 Å². The summed E-state index contributed by atoms with van der Waals surface area (Å²) in [7, 11) is 0. The van der Waals surface area contributed by atoms with E-state index in [0.717, 1.165) is 29.2 Å². The molecule has 0 spiro atoms. The van der Waals surface area contributed by atoms with Crippen LogP contribution >= 0.6 is 0 Å². The first-order chi connectivity index (χ1) is 12.7. The summed E-state index contributed by atoms with van der Waals surface area (Å²) in [5, 5.41) is 21.8. The van der Waals surface area contributed by atoms with Gasteiger partial charge in [0, 0.05) is 18.9 Å². The van der Waals surface area contributed by atoms with E-state index in [4.69, 9.17) is 5.11 Å². The first-order valence-corrected chi connectivity index (χ1v) is 9.30. The van der Waals surface area contributed by atoms with Crippen molar-refractivity contribution in [2.45, 2.75) is 45.7 Å². The lowest BCUT2D eigenvalue weighted by atomic mass is 9.83.